The Bertz CT molecular complexity index is 727. The second kappa shape index (κ2) is 6.04. The van der Waals surface area contributed by atoms with Crippen molar-refractivity contribution < 1.29 is 13.2 Å². The van der Waals surface area contributed by atoms with Gasteiger partial charge in [0.2, 0.25) is 0 Å². The molecule has 0 saturated carbocycles. The first-order chi connectivity index (χ1) is 9.55. The van der Waals surface area contributed by atoms with Crippen LogP contribution in [0.2, 0.25) is 0 Å². The molecule has 0 unspecified atom stereocenters. The van der Waals surface area contributed by atoms with Crippen LogP contribution in [0.5, 0.6) is 0 Å². The first-order valence-electron chi connectivity index (χ1n) is 5.59. The maximum atomic E-state index is 12.1. The molecule has 2 rings (SSSR count). The number of methoxy groups -OCH3 is 1. The summed E-state index contributed by atoms with van der Waals surface area (Å²) in [5.41, 5.74) is 0.369. The van der Waals surface area contributed by atoms with Gasteiger partial charge in [0.25, 0.3) is 10.0 Å². The molecular formula is C11H12N4O3S2. The molecule has 2 aromatic heterocycles. The minimum atomic E-state index is -3.68. The van der Waals surface area contributed by atoms with Crippen LogP contribution in [0.1, 0.15) is 4.88 Å². The molecule has 0 aromatic carbocycles. The number of thiophene rings is 1. The third-order valence-electron chi connectivity index (χ3n) is 2.37. The van der Waals surface area contributed by atoms with E-state index in [2.05, 4.69) is 9.82 Å². The Balaban J connectivity index is 2.12. The Kier molecular flexibility index (Phi) is 4.39. The molecule has 0 fully saturated rings. The highest BCUT2D eigenvalue weighted by atomic mass is 32.2. The molecule has 20 heavy (non-hydrogen) atoms. The van der Waals surface area contributed by atoms with E-state index in [4.69, 9.17) is 10.00 Å². The quantitative estimate of drug-likeness (QED) is 0.866. The molecule has 7 nitrogen and oxygen atoms in total. The van der Waals surface area contributed by atoms with Gasteiger partial charge < -0.3 is 4.74 Å². The minimum absolute atomic E-state index is 0.0960. The van der Waals surface area contributed by atoms with Crippen molar-refractivity contribution in [3.05, 3.63) is 29.4 Å². The van der Waals surface area contributed by atoms with Crippen molar-refractivity contribution in [1.82, 2.24) is 9.78 Å². The van der Waals surface area contributed by atoms with Crippen molar-refractivity contribution in [2.24, 2.45) is 0 Å². The van der Waals surface area contributed by atoms with Crippen LogP contribution in [0.25, 0.3) is 0 Å². The van der Waals surface area contributed by atoms with Crippen molar-refractivity contribution in [3.63, 3.8) is 0 Å². The van der Waals surface area contributed by atoms with Gasteiger partial charge in [-0.05, 0) is 12.1 Å². The average molecular weight is 312 g/mol. The SMILES string of the molecule is COCCn1cc(NS(=O)(=O)c2ccc(C#N)s2)cn1. The standard InChI is InChI=1S/C11H12N4O3S2/c1-18-5-4-15-8-9(7-13-15)14-20(16,17)11-3-2-10(6-12)19-11/h2-3,7-8,14H,4-5H2,1H3. The molecule has 0 bridgehead atoms. The second-order valence-electron chi connectivity index (χ2n) is 3.82. The Morgan fingerprint density at radius 1 is 1.55 bits per heavy atom. The van der Waals surface area contributed by atoms with E-state index in [1.165, 1.54) is 18.3 Å². The smallest absolute Gasteiger partial charge is 0.271 e. The number of nitrogens with zero attached hydrogens (tertiary/aromatic N) is 3. The summed E-state index contributed by atoms with van der Waals surface area (Å²) in [6, 6.07) is 4.78. The van der Waals surface area contributed by atoms with Crippen molar-refractivity contribution >= 4 is 27.0 Å². The van der Waals surface area contributed by atoms with E-state index < -0.39 is 10.0 Å². The topological polar surface area (TPSA) is 97.0 Å². The van der Waals surface area contributed by atoms with E-state index >= 15 is 0 Å². The number of nitrogens with one attached hydrogen (secondary N) is 1. The Hall–Kier alpha value is -1.89. The van der Waals surface area contributed by atoms with Gasteiger partial charge in [-0.3, -0.25) is 9.40 Å². The normalized spacial score (nSPS) is 11.2. The highest BCUT2D eigenvalue weighted by Gasteiger charge is 2.17. The van der Waals surface area contributed by atoms with Crippen LogP contribution in [-0.2, 0) is 21.3 Å². The van der Waals surface area contributed by atoms with Crippen LogP contribution in [0.3, 0.4) is 0 Å². The van der Waals surface area contributed by atoms with E-state index in [1.54, 1.807) is 18.0 Å². The Labute approximate surface area is 120 Å². The van der Waals surface area contributed by atoms with Crippen molar-refractivity contribution in [3.8, 4) is 6.07 Å². The van der Waals surface area contributed by atoms with Gasteiger partial charge in [-0.15, -0.1) is 11.3 Å². The molecule has 2 aromatic rings. The van der Waals surface area contributed by atoms with Crippen LogP contribution in [0.4, 0.5) is 5.69 Å². The van der Waals surface area contributed by atoms with E-state index in [1.807, 2.05) is 6.07 Å². The summed E-state index contributed by atoms with van der Waals surface area (Å²) < 4.78 is 33.2. The molecule has 0 amide bonds. The fraction of sp³-hybridized carbons (Fsp3) is 0.273. The zero-order valence-electron chi connectivity index (χ0n) is 10.6. The number of ether oxygens (including phenoxy) is 1. The van der Waals surface area contributed by atoms with Crippen molar-refractivity contribution in [1.29, 1.82) is 5.26 Å². The lowest BCUT2D eigenvalue weighted by atomic mass is 10.5. The number of hydrogen-bond acceptors (Lipinski definition) is 6. The lowest BCUT2D eigenvalue weighted by Gasteiger charge is -2.02. The number of anilines is 1. The van der Waals surface area contributed by atoms with Crippen molar-refractivity contribution in [2.75, 3.05) is 18.4 Å². The maximum Gasteiger partial charge on any atom is 0.271 e. The number of rotatable bonds is 6. The van der Waals surface area contributed by atoms with E-state index in [0.717, 1.165) is 11.3 Å². The fourth-order valence-electron chi connectivity index (χ4n) is 1.45. The summed E-state index contributed by atoms with van der Waals surface area (Å²) >= 11 is 0.921. The van der Waals surface area contributed by atoms with Gasteiger partial charge in [-0.2, -0.15) is 10.4 Å². The molecule has 0 radical (unpaired) electrons. The lowest BCUT2D eigenvalue weighted by molar-refractivity contribution is 0.183. The summed E-state index contributed by atoms with van der Waals surface area (Å²) in [6.07, 6.45) is 3.00. The van der Waals surface area contributed by atoms with E-state index in [-0.39, 0.29) is 4.21 Å². The highest BCUT2D eigenvalue weighted by molar-refractivity contribution is 7.94. The van der Waals surface area contributed by atoms with Gasteiger partial charge >= 0.3 is 0 Å². The zero-order chi connectivity index (χ0) is 14.6. The van der Waals surface area contributed by atoms with Gasteiger partial charge in [0, 0.05) is 13.3 Å². The molecule has 0 aliphatic heterocycles. The number of hydrogen-bond donors (Lipinski definition) is 1. The second-order valence-corrected chi connectivity index (χ2v) is 6.81. The van der Waals surface area contributed by atoms with Crippen LogP contribution < -0.4 is 4.72 Å². The molecule has 106 valence electrons. The predicted octanol–water partition coefficient (Wildman–Crippen LogP) is 1.26. The van der Waals surface area contributed by atoms with Gasteiger partial charge in [-0.25, -0.2) is 8.42 Å². The Morgan fingerprint density at radius 3 is 3.00 bits per heavy atom. The van der Waals surface area contributed by atoms with Gasteiger partial charge in [0.1, 0.15) is 15.2 Å². The van der Waals surface area contributed by atoms with E-state index in [9.17, 15) is 8.42 Å². The molecule has 9 heteroatoms. The zero-order valence-corrected chi connectivity index (χ0v) is 12.2. The van der Waals surface area contributed by atoms with Crippen LogP contribution in [0.15, 0.2) is 28.7 Å². The largest absolute Gasteiger partial charge is 0.383 e. The predicted molar refractivity (Wildman–Crippen MR) is 73.9 cm³/mol. The summed E-state index contributed by atoms with van der Waals surface area (Å²) in [4.78, 5) is 0.348. The van der Waals surface area contributed by atoms with Crippen molar-refractivity contribution in [2.45, 2.75) is 10.8 Å². The van der Waals surface area contributed by atoms with E-state index in [0.29, 0.717) is 23.7 Å². The highest BCUT2D eigenvalue weighted by Crippen LogP contribution is 2.23. The molecular weight excluding hydrogens is 300 g/mol. The third kappa shape index (κ3) is 3.36. The number of nitriles is 1. The molecule has 0 atom stereocenters. The van der Waals surface area contributed by atoms with Crippen LogP contribution in [-0.4, -0.2) is 31.9 Å². The summed E-state index contributed by atoms with van der Waals surface area (Å²) in [5.74, 6) is 0. The fourth-order valence-corrected chi connectivity index (χ4v) is 3.58. The maximum absolute atomic E-state index is 12.1. The summed E-state index contributed by atoms with van der Waals surface area (Å²) in [6.45, 7) is 1.03. The van der Waals surface area contributed by atoms with Gasteiger partial charge in [0.15, 0.2) is 0 Å². The van der Waals surface area contributed by atoms with Crippen LogP contribution >= 0.6 is 11.3 Å². The molecule has 0 saturated heterocycles. The first-order valence-corrected chi connectivity index (χ1v) is 7.89. The third-order valence-corrected chi connectivity index (χ3v) is 5.23. The number of sulfonamides is 1. The molecule has 2 heterocycles. The van der Waals surface area contributed by atoms with Gasteiger partial charge in [0.05, 0.1) is 25.0 Å². The number of aromatic nitrogens is 2. The molecule has 1 N–H and O–H groups in total. The molecule has 0 aliphatic carbocycles. The lowest BCUT2D eigenvalue weighted by Crippen LogP contribution is -2.11. The average Bonchev–Trinajstić information content (AvgIpc) is 3.04. The summed E-state index contributed by atoms with van der Waals surface area (Å²) in [7, 11) is -2.10. The first kappa shape index (κ1) is 14.5. The van der Waals surface area contributed by atoms with Crippen LogP contribution in [0, 0.1) is 11.3 Å². The monoisotopic (exact) mass is 312 g/mol. The Morgan fingerprint density at radius 2 is 2.35 bits per heavy atom. The molecule has 0 aliphatic rings. The molecule has 0 spiro atoms. The van der Waals surface area contributed by atoms with Gasteiger partial charge in [-0.1, -0.05) is 0 Å². The summed E-state index contributed by atoms with van der Waals surface area (Å²) in [5, 5.41) is 12.7. The minimum Gasteiger partial charge on any atom is -0.383 e.